The highest BCUT2D eigenvalue weighted by Gasteiger charge is 2.18. The van der Waals surface area contributed by atoms with Crippen LogP contribution in [0.1, 0.15) is 26.2 Å². The maximum atomic E-state index is 10.4. The highest BCUT2D eigenvalue weighted by molar-refractivity contribution is 5.72. The molecule has 0 aromatic carbocycles. The Balaban J connectivity index is 2.07. The van der Waals surface area contributed by atoms with Crippen molar-refractivity contribution in [1.82, 2.24) is 4.90 Å². The summed E-state index contributed by atoms with van der Waals surface area (Å²) in [6, 6.07) is -0.685. The third-order valence-corrected chi connectivity index (χ3v) is 2.81. The molecule has 4 heteroatoms. The molecule has 1 aliphatic heterocycles. The largest absolute Gasteiger partial charge is 0.480 e. The molecule has 4 nitrogen and oxygen atoms in total. The molecular formula is C10H20N2O2. The monoisotopic (exact) mass is 200 g/mol. The second-order valence-corrected chi connectivity index (χ2v) is 4.28. The van der Waals surface area contributed by atoms with Crippen molar-refractivity contribution in [3.05, 3.63) is 0 Å². The molecule has 0 radical (unpaired) electrons. The Morgan fingerprint density at radius 1 is 1.71 bits per heavy atom. The van der Waals surface area contributed by atoms with Gasteiger partial charge in [-0.2, -0.15) is 0 Å². The summed E-state index contributed by atoms with van der Waals surface area (Å²) >= 11 is 0. The van der Waals surface area contributed by atoms with Crippen LogP contribution in [-0.2, 0) is 4.79 Å². The summed E-state index contributed by atoms with van der Waals surface area (Å²) in [6.07, 6.45) is 2.74. The predicted molar refractivity (Wildman–Crippen MR) is 55.1 cm³/mol. The fourth-order valence-corrected chi connectivity index (χ4v) is 1.89. The average molecular weight is 200 g/mol. The van der Waals surface area contributed by atoms with Crippen molar-refractivity contribution in [2.45, 2.75) is 32.2 Å². The Labute approximate surface area is 85.1 Å². The van der Waals surface area contributed by atoms with E-state index in [0.717, 1.165) is 32.0 Å². The van der Waals surface area contributed by atoms with Crippen molar-refractivity contribution >= 4 is 5.97 Å². The summed E-state index contributed by atoms with van der Waals surface area (Å²) in [6.45, 7) is 5.56. The van der Waals surface area contributed by atoms with Gasteiger partial charge < -0.3 is 15.7 Å². The van der Waals surface area contributed by atoms with Crippen molar-refractivity contribution in [2.24, 2.45) is 11.7 Å². The summed E-state index contributed by atoms with van der Waals surface area (Å²) in [4.78, 5) is 12.8. The lowest BCUT2D eigenvalue weighted by atomic mass is 10.1. The topological polar surface area (TPSA) is 66.6 Å². The zero-order valence-corrected chi connectivity index (χ0v) is 8.78. The Hall–Kier alpha value is -0.610. The zero-order valence-electron chi connectivity index (χ0n) is 8.78. The normalized spacial score (nSPS) is 25.1. The highest BCUT2D eigenvalue weighted by Crippen LogP contribution is 2.15. The first-order chi connectivity index (χ1) is 6.59. The number of likely N-dealkylation sites (tertiary alicyclic amines) is 1. The fourth-order valence-electron chi connectivity index (χ4n) is 1.89. The average Bonchev–Trinajstić information content (AvgIpc) is 2.51. The Kier molecular flexibility index (Phi) is 4.35. The molecule has 82 valence electrons. The lowest BCUT2D eigenvalue weighted by Gasteiger charge is -2.15. The van der Waals surface area contributed by atoms with Gasteiger partial charge in [0.05, 0.1) is 0 Å². The van der Waals surface area contributed by atoms with Crippen LogP contribution in [0.25, 0.3) is 0 Å². The number of carbonyl (C=O) groups is 1. The van der Waals surface area contributed by atoms with Gasteiger partial charge in [0.1, 0.15) is 6.04 Å². The SMILES string of the molecule is CC1CCN(CCC[C@H](N)C(=O)O)C1. The first kappa shape index (κ1) is 11.5. The van der Waals surface area contributed by atoms with Gasteiger partial charge in [-0.3, -0.25) is 4.79 Å². The highest BCUT2D eigenvalue weighted by atomic mass is 16.4. The molecule has 2 atom stereocenters. The Morgan fingerprint density at radius 2 is 2.43 bits per heavy atom. The van der Waals surface area contributed by atoms with Gasteiger partial charge >= 0.3 is 5.97 Å². The van der Waals surface area contributed by atoms with Crippen LogP contribution in [0, 0.1) is 5.92 Å². The molecule has 1 fully saturated rings. The molecular weight excluding hydrogens is 180 g/mol. The fraction of sp³-hybridized carbons (Fsp3) is 0.900. The van der Waals surface area contributed by atoms with Crippen LogP contribution in [-0.4, -0.2) is 41.7 Å². The Bertz CT molecular complexity index is 197. The molecule has 14 heavy (non-hydrogen) atoms. The Morgan fingerprint density at radius 3 is 2.93 bits per heavy atom. The summed E-state index contributed by atoms with van der Waals surface area (Å²) in [5.41, 5.74) is 5.41. The maximum absolute atomic E-state index is 10.4. The molecule has 1 rings (SSSR count). The number of carboxylic acids is 1. The predicted octanol–water partition coefficient (Wildman–Crippen LogP) is 0.520. The van der Waals surface area contributed by atoms with E-state index in [2.05, 4.69) is 11.8 Å². The van der Waals surface area contributed by atoms with Gasteiger partial charge in [-0.05, 0) is 38.3 Å². The van der Waals surface area contributed by atoms with Crippen molar-refractivity contribution in [3.63, 3.8) is 0 Å². The molecule has 0 bridgehead atoms. The van der Waals surface area contributed by atoms with E-state index in [9.17, 15) is 4.79 Å². The summed E-state index contributed by atoms with van der Waals surface area (Å²) in [7, 11) is 0. The van der Waals surface area contributed by atoms with Crippen molar-refractivity contribution in [2.75, 3.05) is 19.6 Å². The van der Waals surface area contributed by atoms with Crippen LogP contribution in [0.2, 0.25) is 0 Å². The van der Waals surface area contributed by atoms with E-state index in [4.69, 9.17) is 10.8 Å². The lowest BCUT2D eigenvalue weighted by Crippen LogP contribution is -2.31. The standard InChI is InChI=1S/C10H20N2O2/c1-8-4-6-12(7-8)5-2-3-9(11)10(13)14/h8-9H,2-7,11H2,1H3,(H,13,14)/t8?,9-/m0/s1. The van der Waals surface area contributed by atoms with Crippen LogP contribution >= 0.6 is 0 Å². The number of nitrogens with two attached hydrogens (primary N) is 1. The van der Waals surface area contributed by atoms with E-state index in [1.807, 2.05) is 0 Å². The minimum Gasteiger partial charge on any atom is -0.480 e. The molecule has 0 saturated carbocycles. The first-order valence-electron chi connectivity index (χ1n) is 5.30. The third kappa shape index (κ3) is 3.64. The van der Waals surface area contributed by atoms with E-state index in [-0.39, 0.29) is 0 Å². The minimum atomic E-state index is -0.889. The van der Waals surface area contributed by atoms with Crippen LogP contribution < -0.4 is 5.73 Å². The molecule has 1 heterocycles. The van der Waals surface area contributed by atoms with Crippen molar-refractivity contribution in [1.29, 1.82) is 0 Å². The van der Waals surface area contributed by atoms with Gasteiger partial charge in [-0.15, -0.1) is 0 Å². The number of aliphatic carboxylic acids is 1. The number of hydrogen-bond acceptors (Lipinski definition) is 3. The van der Waals surface area contributed by atoms with Crippen molar-refractivity contribution < 1.29 is 9.90 Å². The number of rotatable bonds is 5. The third-order valence-electron chi connectivity index (χ3n) is 2.81. The van der Waals surface area contributed by atoms with Gasteiger partial charge in [0.2, 0.25) is 0 Å². The van der Waals surface area contributed by atoms with Crippen LogP contribution in [0.15, 0.2) is 0 Å². The lowest BCUT2D eigenvalue weighted by molar-refractivity contribution is -0.138. The molecule has 0 spiro atoms. The molecule has 3 N–H and O–H groups in total. The maximum Gasteiger partial charge on any atom is 0.320 e. The molecule has 0 aromatic rings. The molecule has 0 aromatic heterocycles. The van der Waals surface area contributed by atoms with E-state index < -0.39 is 12.0 Å². The number of carboxylic acid groups (broad SMARTS) is 1. The summed E-state index contributed by atoms with van der Waals surface area (Å²) < 4.78 is 0. The van der Waals surface area contributed by atoms with E-state index >= 15 is 0 Å². The molecule has 0 aliphatic carbocycles. The van der Waals surface area contributed by atoms with Crippen LogP contribution in [0.3, 0.4) is 0 Å². The molecule has 1 unspecified atom stereocenters. The summed E-state index contributed by atoms with van der Waals surface area (Å²) in [5.74, 6) is -0.0945. The van der Waals surface area contributed by atoms with Gasteiger partial charge in [-0.1, -0.05) is 6.92 Å². The van der Waals surface area contributed by atoms with E-state index in [1.165, 1.54) is 6.42 Å². The molecule has 1 aliphatic rings. The van der Waals surface area contributed by atoms with Crippen molar-refractivity contribution in [3.8, 4) is 0 Å². The number of nitrogens with zero attached hydrogens (tertiary/aromatic N) is 1. The van der Waals surface area contributed by atoms with Gasteiger partial charge in [0.15, 0.2) is 0 Å². The first-order valence-corrected chi connectivity index (χ1v) is 5.30. The van der Waals surface area contributed by atoms with Crippen LogP contribution in [0.5, 0.6) is 0 Å². The van der Waals surface area contributed by atoms with Gasteiger partial charge in [0.25, 0.3) is 0 Å². The smallest absolute Gasteiger partial charge is 0.320 e. The van der Waals surface area contributed by atoms with Gasteiger partial charge in [0, 0.05) is 6.54 Å². The quantitative estimate of drug-likeness (QED) is 0.679. The number of hydrogen-bond donors (Lipinski definition) is 2. The van der Waals surface area contributed by atoms with E-state index in [1.54, 1.807) is 0 Å². The van der Waals surface area contributed by atoms with Gasteiger partial charge in [-0.25, -0.2) is 0 Å². The molecule has 0 amide bonds. The molecule has 1 saturated heterocycles. The minimum absolute atomic E-state index is 0.584. The second-order valence-electron chi connectivity index (χ2n) is 4.28. The van der Waals surface area contributed by atoms with Crippen LogP contribution in [0.4, 0.5) is 0 Å². The zero-order chi connectivity index (χ0) is 10.6. The second kappa shape index (κ2) is 5.32. The van der Waals surface area contributed by atoms with E-state index in [0.29, 0.717) is 6.42 Å². The summed E-state index contributed by atoms with van der Waals surface area (Å²) in [5, 5.41) is 8.58.